The molecule has 2 aromatic heterocycles. The molecular weight excluding hydrogens is 282 g/mol. The summed E-state index contributed by atoms with van der Waals surface area (Å²) in [6.45, 7) is 0. The smallest absolute Gasteiger partial charge is 0.163 e. The van der Waals surface area contributed by atoms with E-state index in [-0.39, 0.29) is 0 Å². The summed E-state index contributed by atoms with van der Waals surface area (Å²) >= 11 is 0. The summed E-state index contributed by atoms with van der Waals surface area (Å²) in [4.78, 5) is 4.84. The van der Waals surface area contributed by atoms with E-state index in [0.29, 0.717) is 0 Å². The van der Waals surface area contributed by atoms with Crippen LogP contribution in [0.3, 0.4) is 0 Å². The SMILES string of the molecule is c1ccc(-c2c3ccccc3nn3c2nc2ccccc23)cc1. The van der Waals surface area contributed by atoms with E-state index in [9.17, 15) is 0 Å². The van der Waals surface area contributed by atoms with E-state index in [0.717, 1.165) is 38.7 Å². The van der Waals surface area contributed by atoms with Crippen molar-refractivity contribution in [2.75, 3.05) is 0 Å². The van der Waals surface area contributed by atoms with Crippen LogP contribution in [-0.2, 0) is 0 Å². The Bertz CT molecular complexity index is 1160. The van der Waals surface area contributed by atoms with E-state index in [1.165, 1.54) is 0 Å². The minimum atomic E-state index is 0.899. The minimum absolute atomic E-state index is 0.899. The quantitative estimate of drug-likeness (QED) is 0.448. The molecule has 0 saturated carbocycles. The molecule has 0 amide bonds. The molecule has 0 unspecified atom stereocenters. The monoisotopic (exact) mass is 295 g/mol. The van der Waals surface area contributed by atoms with Gasteiger partial charge in [-0.25, -0.2) is 9.50 Å². The third-order valence-electron chi connectivity index (χ3n) is 4.20. The zero-order chi connectivity index (χ0) is 15.2. The lowest BCUT2D eigenvalue weighted by atomic mass is 10.0. The summed E-state index contributed by atoms with van der Waals surface area (Å²) in [6.07, 6.45) is 0. The Labute approximate surface area is 132 Å². The number of imidazole rings is 1. The summed E-state index contributed by atoms with van der Waals surface area (Å²) in [5.41, 5.74) is 6.16. The highest BCUT2D eigenvalue weighted by Gasteiger charge is 2.15. The summed E-state index contributed by atoms with van der Waals surface area (Å²) < 4.78 is 1.96. The maximum atomic E-state index is 4.84. The third kappa shape index (κ3) is 1.77. The Hall–Kier alpha value is -3.20. The first-order valence-electron chi connectivity index (χ1n) is 7.63. The lowest BCUT2D eigenvalue weighted by Crippen LogP contribution is -1.96. The van der Waals surface area contributed by atoms with Crippen LogP contribution in [0.25, 0.3) is 38.7 Å². The van der Waals surface area contributed by atoms with Gasteiger partial charge in [-0.1, -0.05) is 60.7 Å². The predicted molar refractivity (Wildman–Crippen MR) is 93.4 cm³/mol. The molecule has 0 aliphatic rings. The number of fused-ring (bicyclic) bond motifs is 4. The highest BCUT2D eigenvalue weighted by atomic mass is 15.3. The summed E-state index contributed by atoms with van der Waals surface area (Å²) in [7, 11) is 0. The molecule has 0 aliphatic heterocycles. The molecule has 0 spiro atoms. The van der Waals surface area contributed by atoms with Gasteiger partial charge in [0.15, 0.2) is 5.65 Å². The molecule has 0 bridgehead atoms. The Morgan fingerprint density at radius 3 is 2.22 bits per heavy atom. The van der Waals surface area contributed by atoms with E-state index in [1.54, 1.807) is 0 Å². The second kappa shape index (κ2) is 4.65. The first-order chi connectivity index (χ1) is 11.4. The van der Waals surface area contributed by atoms with Gasteiger partial charge in [-0.2, -0.15) is 5.10 Å². The first kappa shape index (κ1) is 12.4. The maximum absolute atomic E-state index is 4.84. The average molecular weight is 295 g/mol. The van der Waals surface area contributed by atoms with Crippen molar-refractivity contribution >= 4 is 27.6 Å². The van der Waals surface area contributed by atoms with E-state index in [1.807, 2.05) is 34.8 Å². The molecule has 3 aromatic carbocycles. The lowest BCUT2D eigenvalue weighted by molar-refractivity contribution is 1.00. The molecule has 0 aliphatic carbocycles. The van der Waals surface area contributed by atoms with Crippen molar-refractivity contribution in [3.05, 3.63) is 78.9 Å². The van der Waals surface area contributed by atoms with Gasteiger partial charge in [-0.15, -0.1) is 0 Å². The molecule has 3 heteroatoms. The zero-order valence-corrected chi connectivity index (χ0v) is 12.3. The highest BCUT2D eigenvalue weighted by molar-refractivity contribution is 6.02. The van der Waals surface area contributed by atoms with Gasteiger partial charge in [0.1, 0.15) is 0 Å². The van der Waals surface area contributed by atoms with Crippen molar-refractivity contribution in [1.29, 1.82) is 0 Å². The molecule has 0 N–H and O–H groups in total. The van der Waals surface area contributed by atoms with Crippen LogP contribution in [0.5, 0.6) is 0 Å². The van der Waals surface area contributed by atoms with Crippen LogP contribution in [0.4, 0.5) is 0 Å². The van der Waals surface area contributed by atoms with Crippen molar-refractivity contribution in [3.8, 4) is 11.1 Å². The normalized spacial score (nSPS) is 11.5. The van der Waals surface area contributed by atoms with E-state index in [2.05, 4.69) is 48.5 Å². The summed E-state index contributed by atoms with van der Waals surface area (Å²) in [6, 6.07) is 26.8. The van der Waals surface area contributed by atoms with Gasteiger partial charge in [-0.05, 0) is 23.8 Å². The number of para-hydroxylation sites is 2. The fourth-order valence-electron chi connectivity index (χ4n) is 3.17. The number of benzene rings is 3. The molecular formula is C20H13N3. The largest absolute Gasteiger partial charge is 0.226 e. The molecule has 2 heterocycles. The Morgan fingerprint density at radius 2 is 1.35 bits per heavy atom. The summed E-state index contributed by atoms with van der Waals surface area (Å²) in [5.74, 6) is 0. The van der Waals surface area contributed by atoms with Crippen LogP contribution in [-0.4, -0.2) is 14.6 Å². The van der Waals surface area contributed by atoms with E-state index < -0.39 is 0 Å². The average Bonchev–Trinajstić information content (AvgIpc) is 2.98. The molecule has 5 rings (SSSR count). The Kier molecular flexibility index (Phi) is 2.50. The number of hydrogen-bond donors (Lipinski definition) is 0. The fraction of sp³-hybridized carbons (Fsp3) is 0. The van der Waals surface area contributed by atoms with E-state index in [4.69, 9.17) is 10.1 Å². The van der Waals surface area contributed by atoms with Gasteiger partial charge in [0.2, 0.25) is 0 Å². The van der Waals surface area contributed by atoms with Crippen LogP contribution in [0.2, 0.25) is 0 Å². The number of nitrogens with zero attached hydrogens (tertiary/aromatic N) is 3. The molecule has 108 valence electrons. The number of aromatic nitrogens is 3. The van der Waals surface area contributed by atoms with Crippen LogP contribution < -0.4 is 0 Å². The molecule has 5 aromatic rings. The van der Waals surface area contributed by atoms with Gasteiger partial charge in [0, 0.05) is 10.9 Å². The van der Waals surface area contributed by atoms with Gasteiger partial charge in [0.25, 0.3) is 0 Å². The number of hydrogen-bond acceptors (Lipinski definition) is 2. The second-order valence-corrected chi connectivity index (χ2v) is 5.59. The van der Waals surface area contributed by atoms with Gasteiger partial charge in [-0.3, -0.25) is 0 Å². The van der Waals surface area contributed by atoms with Crippen molar-refractivity contribution in [2.45, 2.75) is 0 Å². The van der Waals surface area contributed by atoms with Crippen molar-refractivity contribution in [2.24, 2.45) is 0 Å². The van der Waals surface area contributed by atoms with E-state index >= 15 is 0 Å². The van der Waals surface area contributed by atoms with Crippen molar-refractivity contribution in [1.82, 2.24) is 14.6 Å². The zero-order valence-electron chi connectivity index (χ0n) is 12.3. The Morgan fingerprint density at radius 1 is 0.652 bits per heavy atom. The molecule has 23 heavy (non-hydrogen) atoms. The van der Waals surface area contributed by atoms with Crippen LogP contribution in [0, 0.1) is 0 Å². The molecule has 0 fully saturated rings. The van der Waals surface area contributed by atoms with Crippen molar-refractivity contribution in [3.63, 3.8) is 0 Å². The molecule has 0 atom stereocenters. The standard InChI is InChI=1S/C20H13N3/c1-2-8-14(9-3-1)19-15-10-4-5-11-16(15)22-23-18-13-7-6-12-17(18)21-20(19)23/h1-13H. The van der Waals surface area contributed by atoms with Gasteiger partial charge >= 0.3 is 0 Å². The Balaban J connectivity index is 2.06. The maximum Gasteiger partial charge on any atom is 0.163 e. The van der Waals surface area contributed by atoms with Crippen LogP contribution in [0.1, 0.15) is 0 Å². The first-order valence-corrected chi connectivity index (χ1v) is 7.63. The predicted octanol–water partition coefficient (Wildman–Crippen LogP) is 4.70. The molecule has 0 radical (unpaired) electrons. The third-order valence-corrected chi connectivity index (χ3v) is 4.20. The van der Waals surface area contributed by atoms with Gasteiger partial charge in [0.05, 0.1) is 16.6 Å². The summed E-state index contributed by atoms with van der Waals surface area (Å²) in [5, 5.41) is 5.93. The minimum Gasteiger partial charge on any atom is -0.226 e. The molecule has 0 saturated heterocycles. The van der Waals surface area contributed by atoms with Crippen LogP contribution in [0.15, 0.2) is 78.9 Å². The lowest BCUT2D eigenvalue weighted by Gasteiger charge is -2.08. The number of rotatable bonds is 1. The molecule has 3 nitrogen and oxygen atoms in total. The van der Waals surface area contributed by atoms with Crippen molar-refractivity contribution < 1.29 is 0 Å². The van der Waals surface area contributed by atoms with Gasteiger partial charge < -0.3 is 0 Å². The fourth-order valence-corrected chi connectivity index (χ4v) is 3.17. The second-order valence-electron chi connectivity index (χ2n) is 5.59. The highest BCUT2D eigenvalue weighted by Crippen LogP contribution is 2.32. The van der Waals surface area contributed by atoms with Crippen LogP contribution >= 0.6 is 0 Å². The topological polar surface area (TPSA) is 30.2 Å².